The summed E-state index contributed by atoms with van der Waals surface area (Å²) in [6.07, 6.45) is 1.83. The van der Waals surface area contributed by atoms with Crippen LogP contribution in [0.3, 0.4) is 0 Å². The van der Waals surface area contributed by atoms with Crippen molar-refractivity contribution in [2.24, 2.45) is 0 Å². The molecule has 0 saturated carbocycles. The Bertz CT molecular complexity index is 1000. The molecule has 0 aliphatic carbocycles. The lowest BCUT2D eigenvalue weighted by molar-refractivity contribution is -0.124. The first-order valence-corrected chi connectivity index (χ1v) is 11.6. The van der Waals surface area contributed by atoms with E-state index in [0.717, 1.165) is 16.9 Å². The highest BCUT2D eigenvalue weighted by molar-refractivity contribution is 7.88. The highest BCUT2D eigenvalue weighted by atomic mass is 32.2. The molecular formula is C22H28N2O5S. The van der Waals surface area contributed by atoms with Crippen molar-refractivity contribution >= 4 is 15.9 Å². The molecule has 1 atom stereocenters. The molecule has 2 aromatic carbocycles. The van der Waals surface area contributed by atoms with Crippen molar-refractivity contribution in [3.8, 4) is 11.5 Å². The maximum Gasteiger partial charge on any atom is 0.258 e. The molecule has 1 N–H and O–H groups in total. The summed E-state index contributed by atoms with van der Waals surface area (Å²) in [7, 11) is -1.71. The molecule has 0 spiro atoms. The van der Waals surface area contributed by atoms with Crippen molar-refractivity contribution in [3.05, 3.63) is 59.7 Å². The summed E-state index contributed by atoms with van der Waals surface area (Å²) in [4.78, 5) is 12.5. The topological polar surface area (TPSA) is 84.9 Å². The van der Waals surface area contributed by atoms with Gasteiger partial charge in [0, 0.05) is 25.6 Å². The Morgan fingerprint density at radius 1 is 1.20 bits per heavy atom. The summed E-state index contributed by atoms with van der Waals surface area (Å²) in [5.74, 6) is 1.12. The third kappa shape index (κ3) is 5.73. The van der Waals surface area contributed by atoms with E-state index in [1.807, 2.05) is 38.1 Å². The highest BCUT2D eigenvalue weighted by Gasteiger charge is 2.34. The van der Waals surface area contributed by atoms with Gasteiger partial charge in [0.15, 0.2) is 6.61 Å². The maximum absolute atomic E-state index is 12.5. The van der Waals surface area contributed by atoms with E-state index in [4.69, 9.17) is 9.47 Å². The van der Waals surface area contributed by atoms with Gasteiger partial charge in [-0.2, -0.15) is 0 Å². The van der Waals surface area contributed by atoms with E-state index in [2.05, 4.69) is 5.32 Å². The number of hydrogen-bond acceptors (Lipinski definition) is 5. The minimum Gasteiger partial charge on any atom is -0.487 e. The second-order valence-electron chi connectivity index (χ2n) is 8.18. The number of sulfonamides is 1. The Morgan fingerprint density at radius 3 is 2.53 bits per heavy atom. The molecule has 0 saturated heterocycles. The van der Waals surface area contributed by atoms with Crippen LogP contribution in [0.15, 0.2) is 48.5 Å². The standard InChI is InChI=1S/C22H28N2O5S/c1-22(2)13-19(18-7-5-6-8-20(18)29-22)23-21(25)15-28-17-11-9-16(10-12-17)14-24(3)30(4,26)27/h5-12,19H,13-15H2,1-4H3,(H,23,25)/t19-/m1/s1. The van der Waals surface area contributed by atoms with E-state index in [1.54, 1.807) is 24.3 Å². The molecule has 0 unspecified atom stereocenters. The lowest BCUT2D eigenvalue weighted by Crippen LogP contribution is -2.42. The molecular weight excluding hydrogens is 404 g/mol. The van der Waals surface area contributed by atoms with Crippen LogP contribution in [0.25, 0.3) is 0 Å². The molecule has 2 aromatic rings. The summed E-state index contributed by atoms with van der Waals surface area (Å²) in [6.45, 7) is 4.17. The smallest absolute Gasteiger partial charge is 0.258 e. The molecule has 0 bridgehead atoms. The predicted octanol–water partition coefficient (Wildman–Crippen LogP) is 2.88. The number of benzene rings is 2. The van der Waals surface area contributed by atoms with E-state index < -0.39 is 10.0 Å². The van der Waals surface area contributed by atoms with Crippen LogP contribution in [0.2, 0.25) is 0 Å². The van der Waals surface area contributed by atoms with Crippen molar-refractivity contribution in [1.82, 2.24) is 9.62 Å². The molecule has 0 fully saturated rings. The zero-order valence-corrected chi connectivity index (χ0v) is 18.5. The van der Waals surface area contributed by atoms with Crippen LogP contribution in [-0.2, 0) is 21.4 Å². The second kappa shape index (κ2) is 8.65. The molecule has 0 aromatic heterocycles. The maximum atomic E-state index is 12.5. The van der Waals surface area contributed by atoms with E-state index in [9.17, 15) is 13.2 Å². The summed E-state index contributed by atoms with van der Waals surface area (Å²) >= 11 is 0. The van der Waals surface area contributed by atoms with Crippen LogP contribution in [0.5, 0.6) is 11.5 Å². The monoisotopic (exact) mass is 432 g/mol. The average Bonchev–Trinajstić information content (AvgIpc) is 2.66. The van der Waals surface area contributed by atoms with Gasteiger partial charge in [-0.15, -0.1) is 0 Å². The number of nitrogens with one attached hydrogen (secondary N) is 1. The minimum atomic E-state index is -3.24. The molecule has 1 aliphatic rings. The summed E-state index contributed by atoms with van der Waals surface area (Å²) in [5, 5.41) is 3.04. The fourth-order valence-corrected chi connectivity index (χ4v) is 3.76. The highest BCUT2D eigenvalue weighted by Crippen LogP contribution is 2.39. The van der Waals surface area contributed by atoms with Gasteiger partial charge < -0.3 is 14.8 Å². The fraction of sp³-hybridized carbons (Fsp3) is 0.409. The lowest BCUT2D eigenvalue weighted by Gasteiger charge is -2.37. The number of amides is 1. The number of rotatable bonds is 7. The number of carbonyl (C=O) groups excluding carboxylic acids is 1. The molecule has 1 heterocycles. The molecule has 3 rings (SSSR count). The van der Waals surface area contributed by atoms with E-state index >= 15 is 0 Å². The Morgan fingerprint density at radius 2 is 1.87 bits per heavy atom. The Labute approximate surface area is 178 Å². The second-order valence-corrected chi connectivity index (χ2v) is 10.3. The van der Waals surface area contributed by atoms with Crippen LogP contribution in [-0.4, -0.2) is 44.1 Å². The van der Waals surface area contributed by atoms with E-state index in [0.29, 0.717) is 12.2 Å². The first-order valence-electron chi connectivity index (χ1n) is 9.74. The molecule has 0 radical (unpaired) electrons. The van der Waals surface area contributed by atoms with Gasteiger partial charge >= 0.3 is 0 Å². The van der Waals surface area contributed by atoms with Gasteiger partial charge in [-0.3, -0.25) is 4.79 Å². The van der Waals surface area contributed by atoms with Crippen LogP contribution >= 0.6 is 0 Å². The predicted molar refractivity (Wildman–Crippen MR) is 115 cm³/mol. The van der Waals surface area contributed by atoms with Gasteiger partial charge in [-0.25, -0.2) is 12.7 Å². The molecule has 8 heteroatoms. The summed E-state index contributed by atoms with van der Waals surface area (Å²) in [6, 6.07) is 14.6. The van der Waals surface area contributed by atoms with Crippen LogP contribution < -0.4 is 14.8 Å². The van der Waals surface area contributed by atoms with E-state index in [1.165, 1.54) is 17.6 Å². The fourth-order valence-electron chi connectivity index (χ4n) is 3.38. The SMILES string of the molecule is CN(Cc1ccc(OCC(=O)N[C@@H]2CC(C)(C)Oc3ccccc32)cc1)S(C)(=O)=O. The van der Waals surface area contributed by atoms with Crippen molar-refractivity contribution in [2.45, 2.75) is 38.5 Å². The van der Waals surface area contributed by atoms with Crippen molar-refractivity contribution in [3.63, 3.8) is 0 Å². The van der Waals surface area contributed by atoms with Crippen molar-refractivity contribution < 1.29 is 22.7 Å². The van der Waals surface area contributed by atoms with Gasteiger partial charge in [0.25, 0.3) is 5.91 Å². The van der Waals surface area contributed by atoms with Crippen LogP contribution in [0, 0.1) is 0 Å². The lowest BCUT2D eigenvalue weighted by atomic mass is 9.90. The van der Waals surface area contributed by atoms with Gasteiger partial charge in [-0.05, 0) is 37.6 Å². The zero-order chi connectivity index (χ0) is 21.9. The molecule has 30 heavy (non-hydrogen) atoms. The number of hydrogen-bond donors (Lipinski definition) is 1. The Kier molecular flexibility index (Phi) is 6.38. The number of para-hydroxylation sites is 1. The summed E-state index contributed by atoms with van der Waals surface area (Å²) < 4.78 is 35.9. The number of fused-ring (bicyclic) bond motifs is 1. The average molecular weight is 433 g/mol. The molecule has 7 nitrogen and oxygen atoms in total. The normalized spacial score (nSPS) is 17.7. The largest absolute Gasteiger partial charge is 0.487 e. The number of nitrogens with zero attached hydrogens (tertiary/aromatic N) is 1. The molecule has 162 valence electrons. The minimum absolute atomic E-state index is 0.109. The van der Waals surface area contributed by atoms with Crippen LogP contribution in [0.4, 0.5) is 0 Å². The number of carbonyl (C=O) groups is 1. The van der Waals surface area contributed by atoms with Crippen molar-refractivity contribution in [2.75, 3.05) is 19.9 Å². The van der Waals surface area contributed by atoms with Gasteiger partial charge in [0.2, 0.25) is 10.0 Å². The third-order valence-electron chi connectivity index (χ3n) is 4.98. The van der Waals surface area contributed by atoms with Crippen LogP contribution in [0.1, 0.15) is 37.4 Å². The summed E-state index contributed by atoms with van der Waals surface area (Å²) in [5.41, 5.74) is 1.42. The third-order valence-corrected chi connectivity index (χ3v) is 6.24. The first-order chi connectivity index (χ1) is 14.0. The van der Waals surface area contributed by atoms with Crippen molar-refractivity contribution in [1.29, 1.82) is 0 Å². The Hall–Kier alpha value is -2.58. The number of ether oxygens (including phenoxy) is 2. The zero-order valence-electron chi connectivity index (χ0n) is 17.7. The van der Waals surface area contributed by atoms with E-state index in [-0.39, 0.29) is 30.7 Å². The Balaban J connectivity index is 1.56. The van der Waals surface area contributed by atoms with Gasteiger partial charge in [0.1, 0.15) is 17.1 Å². The molecule has 1 amide bonds. The molecule has 1 aliphatic heterocycles. The van der Waals surface area contributed by atoms with Gasteiger partial charge in [-0.1, -0.05) is 30.3 Å². The first kappa shape index (κ1) is 22.1. The van der Waals surface area contributed by atoms with Gasteiger partial charge in [0.05, 0.1) is 12.3 Å². The quantitative estimate of drug-likeness (QED) is 0.727.